The third kappa shape index (κ3) is 1.46. The summed E-state index contributed by atoms with van der Waals surface area (Å²) in [5, 5.41) is 0. The average Bonchev–Trinajstić information content (AvgIpc) is 2.95. The van der Waals surface area contributed by atoms with Crippen LogP contribution in [0.1, 0.15) is 64.2 Å². The van der Waals surface area contributed by atoms with Gasteiger partial charge in [-0.05, 0) is 0 Å². The summed E-state index contributed by atoms with van der Waals surface area (Å²) in [5.41, 5.74) is 0. The van der Waals surface area contributed by atoms with E-state index in [1.807, 2.05) is 0 Å². The summed E-state index contributed by atoms with van der Waals surface area (Å²) in [4.78, 5) is 0. The molecule has 0 aliphatic heterocycles. The summed E-state index contributed by atoms with van der Waals surface area (Å²) < 4.78 is 2.03. The van der Waals surface area contributed by atoms with E-state index in [1.165, 1.54) is 11.8 Å². The molecule has 0 N–H and O–H groups in total. The Morgan fingerprint density at radius 1 is 0.667 bits per heavy atom. The van der Waals surface area contributed by atoms with Crippen molar-refractivity contribution in [3.8, 4) is 0 Å². The molecule has 4 aliphatic carbocycles. The van der Waals surface area contributed by atoms with E-state index in [2.05, 4.69) is 0 Å². The molecular weight excluding hydrogens is 290 g/mol. The van der Waals surface area contributed by atoms with Crippen LogP contribution in [-0.2, 0) is 0 Å². The van der Waals surface area contributed by atoms with Crippen LogP contribution in [0.5, 0.6) is 0 Å². The molecule has 1 radical (unpaired) electrons. The second-order valence-electron chi connectivity index (χ2n) is 6.86. The average molecular weight is 312 g/mol. The first-order valence-electron chi connectivity index (χ1n) is 7.02. The second kappa shape index (κ2) is 3.18. The van der Waals surface area contributed by atoms with Gasteiger partial charge in [-0.15, -0.1) is 0 Å². The van der Waals surface area contributed by atoms with Crippen molar-refractivity contribution >= 4 is 21.6 Å². The fourth-order valence-corrected chi connectivity index (χ4v) is 12.8. The van der Waals surface area contributed by atoms with Crippen molar-refractivity contribution in [2.75, 3.05) is 0 Å². The van der Waals surface area contributed by atoms with Gasteiger partial charge < -0.3 is 0 Å². The van der Waals surface area contributed by atoms with E-state index >= 15 is 0 Å². The Balaban J connectivity index is 1.55. The molecule has 0 saturated heterocycles. The third-order valence-electron chi connectivity index (χ3n) is 5.88. The van der Waals surface area contributed by atoms with Crippen LogP contribution in [0.15, 0.2) is 0 Å². The summed E-state index contributed by atoms with van der Waals surface area (Å²) in [6.07, 6.45) is 16.5. The van der Waals surface area contributed by atoms with Gasteiger partial charge in [-0.2, -0.15) is 0 Å². The molecule has 0 unspecified atom stereocenters. The van der Waals surface area contributed by atoms with Crippen LogP contribution in [0, 0.1) is 11.8 Å². The van der Waals surface area contributed by atoms with Crippen LogP contribution in [0.4, 0.5) is 0 Å². The zero-order valence-corrected chi connectivity index (χ0v) is 12.2. The standard InChI is InChI=1S/2C7H11.Sb/c2*1-2-7-4-3-6(1)5-7;/h2*6H,1-5H2;. The number of hydrogen-bond acceptors (Lipinski definition) is 0. The molecule has 0 nitrogen and oxygen atoms in total. The summed E-state index contributed by atoms with van der Waals surface area (Å²) in [6, 6.07) is 0. The maximum absolute atomic E-state index is 1.69. The monoisotopic (exact) mass is 311 g/mol. The predicted octanol–water partition coefficient (Wildman–Crippen LogP) is 4.20. The fraction of sp³-hybridized carbons (Fsp3) is 1.00. The van der Waals surface area contributed by atoms with Gasteiger partial charge in [0.1, 0.15) is 0 Å². The first-order chi connectivity index (χ1) is 7.28. The first kappa shape index (κ1) is 9.81. The molecule has 4 aliphatic rings. The van der Waals surface area contributed by atoms with E-state index < -0.39 is 0 Å². The van der Waals surface area contributed by atoms with Gasteiger partial charge in [0.25, 0.3) is 0 Å². The van der Waals surface area contributed by atoms with Gasteiger partial charge in [-0.3, -0.25) is 0 Å². The Morgan fingerprint density at radius 2 is 1.07 bits per heavy atom. The van der Waals surface area contributed by atoms with Crippen molar-refractivity contribution in [3.05, 3.63) is 0 Å². The molecule has 0 spiro atoms. The molecule has 4 bridgehead atoms. The van der Waals surface area contributed by atoms with Gasteiger partial charge >= 0.3 is 104 Å². The second-order valence-corrected chi connectivity index (χ2v) is 12.9. The molecule has 4 fully saturated rings. The molecule has 0 amide bonds. The summed E-state index contributed by atoms with van der Waals surface area (Å²) >= 11 is 0.121. The molecule has 0 heterocycles. The Morgan fingerprint density at radius 3 is 1.33 bits per heavy atom. The molecule has 4 rings (SSSR count). The maximum atomic E-state index is 1.69. The van der Waals surface area contributed by atoms with E-state index in [-0.39, 0.29) is 21.6 Å². The van der Waals surface area contributed by atoms with E-state index in [9.17, 15) is 0 Å². The van der Waals surface area contributed by atoms with Crippen molar-refractivity contribution in [3.63, 3.8) is 0 Å². The number of fused-ring (bicyclic) bond motifs is 4. The van der Waals surface area contributed by atoms with E-state index in [0.29, 0.717) is 0 Å². The molecule has 83 valence electrons. The minimum absolute atomic E-state index is 0.121. The van der Waals surface area contributed by atoms with Crippen LogP contribution in [0.3, 0.4) is 0 Å². The van der Waals surface area contributed by atoms with Crippen molar-refractivity contribution in [2.45, 2.75) is 70.9 Å². The van der Waals surface area contributed by atoms with Crippen molar-refractivity contribution in [1.29, 1.82) is 0 Å². The summed E-state index contributed by atoms with van der Waals surface area (Å²) in [7, 11) is 0. The molecule has 0 aromatic heterocycles. The molecule has 1 heteroatoms. The zero-order valence-electron chi connectivity index (χ0n) is 9.67. The van der Waals surface area contributed by atoms with Crippen LogP contribution in [-0.4, -0.2) is 21.6 Å². The van der Waals surface area contributed by atoms with Gasteiger partial charge in [-0.25, -0.2) is 0 Å². The molecule has 15 heavy (non-hydrogen) atoms. The van der Waals surface area contributed by atoms with E-state index in [0.717, 1.165) is 6.72 Å². The van der Waals surface area contributed by atoms with Gasteiger partial charge in [0.05, 0.1) is 0 Å². The SMILES string of the molecule is C1C[C]2([Sb][C]34CCC(CC3)C4)CCC1C2. The van der Waals surface area contributed by atoms with Crippen molar-refractivity contribution < 1.29 is 0 Å². The molecule has 0 atom stereocenters. The first-order valence-corrected chi connectivity index (χ1v) is 9.57. The van der Waals surface area contributed by atoms with Crippen LogP contribution in [0.25, 0.3) is 0 Å². The van der Waals surface area contributed by atoms with Gasteiger partial charge in [0.15, 0.2) is 0 Å². The summed E-state index contributed by atoms with van der Waals surface area (Å²) in [6.45, 7) is 0. The van der Waals surface area contributed by atoms with Crippen molar-refractivity contribution in [2.24, 2.45) is 11.8 Å². The van der Waals surface area contributed by atoms with Gasteiger partial charge in [0, 0.05) is 0 Å². The van der Waals surface area contributed by atoms with E-state index in [4.69, 9.17) is 0 Å². The Bertz CT molecular complexity index is 239. The molecule has 0 aromatic rings. The van der Waals surface area contributed by atoms with Crippen LogP contribution < -0.4 is 0 Å². The van der Waals surface area contributed by atoms with Crippen LogP contribution >= 0.6 is 0 Å². The number of rotatable bonds is 2. The molecular formula is C14H22Sb. The molecule has 0 aromatic carbocycles. The van der Waals surface area contributed by atoms with E-state index in [1.54, 1.807) is 64.2 Å². The quantitative estimate of drug-likeness (QED) is 0.671. The van der Waals surface area contributed by atoms with Gasteiger partial charge in [-0.1, -0.05) is 0 Å². The number of hydrogen-bond donors (Lipinski definition) is 0. The topological polar surface area (TPSA) is 0 Å². The predicted molar refractivity (Wildman–Crippen MR) is 64.3 cm³/mol. The molecule has 4 saturated carbocycles. The van der Waals surface area contributed by atoms with Crippen LogP contribution in [0.2, 0.25) is 6.72 Å². The Kier molecular flexibility index (Phi) is 2.08. The Labute approximate surface area is 104 Å². The zero-order chi connectivity index (χ0) is 9.93. The summed E-state index contributed by atoms with van der Waals surface area (Å²) in [5.74, 6) is 2.38. The normalized spacial score (nSPS) is 56.8. The minimum atomic E-state index is 0.121. The Hall–Kier alpha value is 0.818. The van der Waals surface area contributed by atoms with Gasteiger partial charge in [0.2, 0.25) is 0 Å². The van der Waals surface area contributed by atoms with Crippen molar-refractivity contribution in [1.82, 2.24) is 0 Å². The fourth-order valence-electron chi connectivity index (χ4n) is 5.14. The third-order valence-corrected chi connectivity index (χ3v) is 12.2.